The fraction of sp³-hybridized carbons (Fsp3) is 0.200. The lowest BCUT2D eigenvalue weighted by atomic mass is 10.1. The molecule has 1 aliphatic rings. The van der Waals surface area contributed by atoms with Gasteiger partial charge in [-0.05, 0) is 17.7 Å². The number of rotatable bonds is 2. The molecule has 0 spiro atoms. The summed E-state index contributed by atoms with van der Waals surface area (Å²) in [4.78, 5) is 0. The third-order valence-corrected chi connectivity index (χ3v) is 3.53. The van der Waals surface area contributed by atoms with Crippen LogP contribution in [0.25, 0.3) is 0 Å². The van der Waals surface area contributed by atoms with Crippen molar-refractivity contribution in [1.29, 1.82) is 0 Å². The van der Waals surface area contributed by atoms with Gasteiger partial charge in [-0.1, -0.05) is 29.8 Å². The van der Waals surface area contributed by atoms with E-state index in [0.717, 1.165) is 5.02 Å². The molecule has 0 N–H and O–H groups in total. The van der Waals surface area contributed by atoms with E-state index < -0.39 is 0 Å². The molecule has 1 aromatic rings. The Balaban J connectivity index is 2.15. The third kappa shape index (κ3) is 1.52. The van der Waals surface area contributed by atoms with Gasteiger partial charge in [-0.3, -0.25) is 0 Å². The van der Waals surface area contributed by atoms with Gasteiger partial charge in [0, 0.05) is 15.5 Å². The molecule has 0 radical (unpaired) electrons. The minimum absolute atomic E-state index is 0.617. The van der Waals surface area contributed by atoms with Gasteiger partial charge >= 0.3 is 0 Å². The Morgan fingerprint density at radius 3 is 2.50 bits per heavy atom. The van der Waals surface area contributed by atoms with Crippen molar-refractivity contribution in [2.24, 2.45) is 0 Å². The monoisotopic (exact) mass is 196 g/mol. The van der Waals surface area contributed by atoms with Gasteiger partial charge in [-0.2, -0.15) is 0 Å². The van der Waals surface area contributed by atoms with Gasteiger partial charge in [0.25, 0.3) is 0 Å². The lowest BCUT2D eigenvalue weighted by molar-refractivity contribution is 1.12. The predicted octanol–water partition coefficient (Wildman–Crippen LogP) is 3.68. The number of benzene rings is 1. The largest absolute Gasteiger partial charge is 0.143 e. The second kappa shape index (κ2) is 3.15. The summed E-state index contributed by atoms with van der Waals surface area (Å²) >= 11 is 7.71. The second-order valence-corrected chi connectivity index (χ2v) is 4.57. The van der Waals surface area contributed by atoms with Gasteiger partial charge in [0.05, 0.1) is 0 Å². The molecule has 1 fully saturated rings. The molecule has 0 nitrogen and oxygen atoms in total. The minimum Gasteiger partial charge on any atom is -0.143 e. The number of halogens is 1. The van der Waals surface area contributed by atoms with Crippen molar-refractivity contribution < 1.29 is 0 Å². The fourth-order valence-corrected chi connectivity index (χ4v) is 2.29. The van der Waals surface area contributed by atoms with E-state index in [1.807, 2.05) is 30.0 Å². The summed E-state index contributed by atoms with van der Waals surface area (Å²) in [5.41, 5.74) is 1.36. The summed E-state index contributed by atoms with van der Waals surface area (Å²) in [6.45, 7) is 3.77. The van der Waals surface area contributed by atoms with Gasteiger partial charge < -0.3 is 0 Å². The summed E-state index contributed by atoms with van der Waals surface area (Å²) < 4.78 is 0. The van der Waals surface area contributed by atoms with Gasteiger partial charge in [-0.25, -0.2) is 0 Å². The smallest absolute Gasteiger partial charge is 0.0457 e. The van der Waals surface area contributed by atoms with Crippen molar-refractivity contribution in [3.8, 4) is 0 Å². The van der Waals surface area contributed by atoms with E-state index in [1.165, 1.54) is 5.56 Å². The van der Waals surface area contributed by atoms with E-state index in [-0.39, 0.29) is 0 Å². The molecule has 2 rings (SSSR count). The Hall–Kier alpha value is -0.400. The molecule has 62 valence electrons. The minimum atomic E-state index is 0.617. The quantitative estimate of drug-likeness (QED) is 0.514. The summed E-state index contributed by atoms with van der Waals surface area (Å²) in [6.07, 6.45) is 2.00. The topological polar surface area (TPSA) is 0 Å². The highest BCUT2D eigenvalue weighted by molar-refractivity contribution is 8.07. The van der Waals surface area contributed by atoms with E-state index in [2.05, 4.69) is 18.7 Å². The number of hydrogen-bond donors (Lipinski definition) is 0. The normalized spacial score (nSPS) is 26.8. The van der Waals surface area contributed by atoms with Crippen molar-refractivity contribution in [2.75, 3.05) is 0 Å². The van der Waals surface area contributed by atoms with E-state index in [9.17, 15) is 0 Å². The zero-order chi connectivity index (χ0) is 8.55. The fourth-order valence-electron chi connectivity index (χ4n) is 1.22. The molecule has 0 saturated carbocycles. The molecular formula is C10H9ClS. The van der Waals surface area contributed by atoms with Crippen LogP contribution in [0.3, 0.4) is 0 Å². The van der Waals surface area contributed by atoms with Crippen molar-refractivity contribution >= 4 is 23.4 Å². The molecule has 0 amide bonds. The molecule has 2 atom stereocenters. The molecule has 0 aliphatic carbocycles. The molecule has 1 aliphatic heterocycles. The first-order valence-corrected chi connectivity index (χ1v) is 5.17. The van der Waals surface area contributed by atoms with E-state index in [1.54, 1.807) is 0 Å². The van der Waals surface area contributed by atoms with Crippen LogP contribution < -0.4 is 0 Å². The maximum atomic E-state index is 5.78. The first kappa shape index (κ1) is 8.21. The summed E-state index contributed by atoms with van der Waals surface area (Å²) in [7, 11) is 0. The van der Waals surface area contributed by atoms with E-state index >= 15 is 0 Å². The molecule has 2 unspecified atom stereocenters. The molecule has 1 aromatic carbocycles. The summed E-state index contributed by atoms with van der Waals surface area (Å²) in [6, 6.07) is 8.05. The Bertz CT molecular complexity index is 291. The SMILES string of the molecule is C=CC1SC1c1ccc(Cl)cc1. The first-order valence-electron chi connectivity index (χ1n) is 3.85. The zero-order valence-corrected chi connectivity index (χ0v) is 8.11. The number of thioether (sulfide) groups is 1. The van der Waals surface area contributed by atoms with Crippen LogP contribution >= 0.6 is 23.4 Å². The van der Waals surface area contributed by atoms with Gasteiger partial charge in [0.15, 0.2) is 0 Å². The van der Waals surface area contributed by atoms with Crippen LogP contribution in [-0.2, 0) is 0 Å². The summed E-state index contributed by atoms with van der Waals surface area (Å²) in [5.74, 6) is 0. The van der Waals surface area contributed by atoms with Crippen LogP contribution in [0.5, 0.6) is 0 Å². The first-order chi connectivity index (χ1) is 5.81. The molecular weight excluding hydrogens is 188 g/mol. The van der Waals surface area contributed by atoms with Crippen molar-refractivity contribution in [1.82, 2.24) is 0 Å². The van der Waals surface area contributed by atoms with Crippen LogP contribution in [0.4, 0.5) is 0 Å². The van der Waals surface area contributed by atoms with Crippen molar-refractivity contribution in [2.45, 2.75) is 10.5 Å². The maximum absolute atomic E-state index is 5.78. The highest BCUT2D eigenvalue weighted by Gasteiger charge is 2.36. The van der Waals surface area contributed by atoms with Crippen molar-refractivity contribution in [3.63, 3.8) is 0 Å². The molecule has 2 heteroatoms. The van der Waals surface area contributed by atoms with Crippen LogP contribution in [0.15, 0.2) is 36.9 Å². The van der Waals surface area contributed by atoms with E-state index in [4.69, 9.17) is 11.6 Å². The lowest BCUT2D eigenvalue weighted by Gasteiger charge is -1.95. The van der Waals surface area contributed by atoms with Crippen LogP contribution in [0.2, 0.25) is 5.02 Å². The zero-order valence-electron chi connectivity index (χ0n) is 6.53. The maximum Gasteiger partial charge on any atom is 0.0457 e. The van der Waals surface area contributed by atoms with Gasteiger partial charge in [0.2, 0.25) is 0 Å². The highest BCUT2D eigenvalue weighted by atomic mass is 35.5. The highest BCUT2D eigenvalue weighted by Crippen LogP contribution is 2.55. The van der Waals surface area contributed by atoms with Crippen molar-refractivity contribution in [3.05, 3.63) is 47.5 Å². The third-order valence-electron chi connectivity index (χ3n) is 1.96. The molecule has 0 aromatic heterocycles. The molecule has 1 heterocycles. The summed E-state index contributed by atoms with van der Waals surface area (Å²) in [5, 5.41) is 2.05. The van der Waals surface area contributed by atoms with E-state index in [0.29, 0.717) is 10.5 Å². The average Bonchev–Trinajstić information content (AvgIpc) is 2.85. The Morgan fingerprint density at radius 2 is 2.00 bits per heavy atom. The van der Waals surface area contributed by atoms with Crippen LogP contribution in [-0.4, -0.2) is 5.25 Å². The van der Waals surface area contributed by atoms with Crippen LogP contribution in [0.1, 0.15) is 10.8 Å². The molecule has 0 bridgehead atoms. The Morgan fingerprint density at radius 1 is 1.33 bits per heavy atom. The molecule has 12 heavy (non-hydrogen) atoms. The van der Waals surface area contributed by atoms with Gasteiger partial charge in [-0.15, -0.1) is 18.3 Å². The second-order valence-electron chi connectivity index (χ2n) is 2.81. The Labute approximate surface area is 81.6 Å². The standard InChI is InChI=1S/C10H9ClS/c1-2-9-10(12-9)7-3-5-8(11)6-4-7/h2-6,9-10H,1H2. The van der Waals surface area contributed by atoms with Crippen LogP contribution in [0, 0.1) is 0 Å². The van der Waals surface area contributed by atoms with Gasteiger partial charge in [0.1, 0.15) is 0 Å². The number of hydrogen-bond acceptors (Lipinski definition) is 1. The average molecular weight is 197 g/mol. The molecule has 1 saturated heterocycles. The Kier molecular flexibility index (Phi) is 2.16. The lowest BCUT2D eigenvalue weighted by Crippen LogP contribution is -1.82. The predicted molar refractivity (Wildman–Crippen MR) is 55.8 cm³/mol.